The van der Waals surface area contributed by atoms with Crippen LogP contribution in [0, 0.1) is 5.92 Å². The van der Waals surface area contributed by atoms with E-state index in [0.717, 1.165) is 6.08 Å². The van der Waals surface area contributed by atoms with Crippen molar-refractivity contribution >= 4 is 17.7 Å². The monoisotopic (exact) mass is 457 g/mol. The van der Waals surface area contributed by atoms with E-state index in [0.29, 0.717) is 41.3 Å². The number of hydrogen-bond donors (Lipinski definition) is 3. The van der Waals surface area contributed by atoms with Gasteiger partial charge in [-0.1, -0.05) is 31.2 Å². The number of allylic oxidation sites excluding steroid dienone is 1. The molecule has 0 aliphatic carbocycles. The molecule has 2 aromatic carbocycles. The molecule has 1 heterocycles. The summed E-state index contributed by atoms with van der Waals surface area (Å²) < 4.78 is 22.1. The molecule has 9 heteroatoms. The van der Waals surface area contributed by atoms with Gasteiger partial charge in [-0.25, -0.2) is 9.59 Å². The van der Waals surface area contributed by atoms with Crippen LogP contribution in [0.1, 0.15) is 31.4 Å². The van der Waals surface area contributed by atoms with E-state index in [1.54, 1.807) is 42.5 Å². The first kappa shape index (κ1) is 23.9. The smallest absolute Gasteiger partial charge is 0.412 e. The minimum absolute atomic E-state index is 0.100. The number of benzene rings is 2. The summed E-state index contributed by atoms with van der Waals surface area (Å²) in [5, 5.41) is 20.6. The van der Waals surface area contributed by atoms with Crippen molar-refractivity contribution in [1.82, 2.24) is 0 Å². The minimum Gasteiger partial charge on any atom is -0.491 e. The number of carboxylic acid groups (broad SMARTS) is 1. The second-order valence-electron chi connectivity index (χ2n) is 7.42. The first-order valence-corrected chi connectivity index (χ1v) is 10.6. The van der Waals surface area contributed by atoms with Gasteiger partial charge in [0, 0.05) is 23.4 Å². The highest BCUT2D eigenvalue weighted by molar-refractivity contribution is 5.85. The molecule has 1 aliphatic rings. The summed E-state index contributed by atoms with van der Waals surface area (Å²) in [6, 6.07) is 12.2. The van der Waals surface area contributed by atoms with Gasteiger partial charge < -0.3 is 29.2 Å². The fourth-order valence-corrected chi connectivity index (χ4v) is 3.42. The van der Waals surface area contributed by atoms with E-state index in [1.165, 1.54) is 0 Å². The van der Waals surface area contributed by atoms with E-state index in [-0.39, 0.29) is 25.9 Å². The number of aliphatic hydroxyl groups is 1. The molecule has 0 bridgehead atoms. The Balaban J connectivity index is 1.76. The summed E-state index contributed by atoms with van der Waals surface area (Å²) in [5.41, 5.74) is 1.14. The molecule has 0 saturated heterocycles. The molecular formula is C24H27NO8. The number of para-hydroxylation sites is 1. The molecule has 2 atom stereocenters. The largest absolute Gasteiger partial charge is 0.491 e. The van der Waals surface area contributed by atoms with Crippen LogP contribution in [-0.2, 0) is 9.53 Å². The van der Waals surface area contributed by atoms with Crippen LogP contribution in [0.3, 0.4) is 0 Å². The predicted octanol–water partition coefficient (Wildman–Crippen LogP) is 4.13. The third kappa shape index (κ3) is 6.88. The van der Waals surface area contributed by atoms with Gasteiger partial charge in [0.1, 0.15) is 18.5 Å². The number of amides is 1. The van der Waals surface area contributed by atoms with Crippen LogP contribution in [0.5, 0.6) is 17.2 Å². The van der Waals surface area contributed by atoms with Crippen molar-refractivity contribution in [2.24, 2.45) is 5.92 Å². The highest BCUT2D eigenvalue weighted by Crippen LogP contribution is 2.37. The van der Waals surface area contributed by atoms with Crippen LogP contribution in [0.15, 0.2) is 54.6 Å². The highest BCUT2D eigenvalue weighted by Gasteiger charge is 2.27. The second kappa shape index (κ2) is 11.8. The van der Waals surface area contributed by atoms with Gasteiger partial charge in [-0.05, 0) is 37.0 Å². The van der Waals surface area contributed by atoms with Crippen molar-refractivity contribution in [2.45, 2.75) is 25.9 Å². The van der Waals surface area contributed by atoms with Gasteiger partial charge in [-0.15, -0.1) is 0 Å². The van der Waals surface area contributed by atoms with Crippen molar-refractivity contribution in [3.63, 3.8) is 0 Å². The van der Waals surface area contributed by atoms with E-state index < -0.39 is 18.2 Å². The lowest BCUT2D eigenvalue weighted by Gasteiger charge is -2.26. The molecule has 9 nitrogen and oxygen atoms in total. The second-order valence-corrected chi connectivity index (χ2v) is 7.42. The standard InChI is InChI=1S/C24H27NO8/c1-16(6-2-5-9-22(27)28)23(18-7-3-4-8-19(18)30-13-12-26)33-24(29)25-17-10-11-20-21(14-17)32-15-31-20/h3-5,7-11,14,16,23,26H,2,6,12-13,15H2,1H3,(H,25,29)(H,27,28)/b9-5+/t16-,23+/m0/s1. The Labute approximate surface area is 191 Å². The van der Waals surface area contributed by atoms with Crippen LogP contribution < -0.4 is 19.5 Å². The Morgan fingerprint density at radius 2 is 1.97 bits per heavy atom. The molecule has 3 rings (SSSR count). The summed E-state index contributed by atoms with van der Waals surface area (Å²) in [5.74, 6) is 0.460. The SMILES string of the molecule is C[C@@H](CC/C=C/C(=O)O)[C@@H](OC(=O)Nc1ccc2c(c1)OCO2)c1ccccc1OCCO. The number of carboxylic acids is 1. The molecule has 1 aliphatic heterocycles. The zero-order valence-electron chi connectivity index (χ0n) is 18.2. The van der Waals surface area contributed by atoms with Gasteiger partial charge in [0.25, 0.3) is 0 Å². The Hall–Kier alpha value is -3.72. The number of aliphatic hydroxyl groups excluding tert-OH is 1. The Bertz CT molecular complexity index is 990. The number of fused-ring (bicyclic) bond motifs is 1. The molecule has 2 aromatic rings. The Morgan fingerprint density at radius 3 is 2.76 bits per heavy atom. The first-order chi connectivity index (χ1) is 16.0. The fourth-order valence-electron chi connectivity index (χ4n) is 3.42. The van der Waals surface area contributed by atoms with Gasteiger partial charge in [0.2, 0.25) is 6.79 Å². The van der Waals surface area contributed by atoms with E-state index >= 15 is 0 Å². The fraction of sp³-hybridized carbons (Fsp3) is 0.333. The number of ether oxygens (including phenoxy) is 4. The number of rotatable bonds is 11. The molecule has 3 N–H and O–H groups in total. The van der Waals surface area contributed by atoms with Gasteiger partial charge in [-0.3, -0.25) is 5.32 Å². The van der Waals surface area contributed by atoms with Gasteiger partial charge in [0.15, 0.2) is 11.5 Å². The van der Waals surface area contributed by atoms with E-state index in [4.69, 9.17) is 29.2 Å². The molecule has 0 fully saturated rings. The van der Waals surface area contributed by atoms with Crippen LogP contribution in [0.4, 0.5) is 10.5 Å². The summed E-state index contributed by atoms with van der Waals surface area (Å²) >= 11 is 0. The summed E-state index contributed by atoms with van der Waals surface area (Å²) in [6.07, 6.45) is 2.39. The maximum atomic E-state index is 12.8. The van der Waals surface area contributed by atoms with Crippen LogP contribution >= 0.6 is 0 Å². The van der Waals surface area contributed by atoms with Crippen LogP contribution in [-0.4, -0.2) is 42.3 Å². The number of carbonyl (C=O) groups is 2. The Morgan fingerprint density at radius 1 is 1.18 bits per heavy atom. The topological polar surface area (TPSA) is 124 Å². The van der Waals surface area contributed by atoms with Crippen molar-refractivity contribution < 1.29 is 38.7 Å². The molecule has 0 unspecified atom stereocenters. The summed E-state index contributed by atoms with van der Waals surface area (Å²) in [6.45, 7) is 1.99. The van der Waals surface area contributed by atoms with Crippen molar-refractivity contribution in [3.05, 3.63) is 60.2 Å². The zero-order valence-corrected chi connectivity index (χ0v) is 18.2. The van der Waals surface area contributed by atoms with Crippen LogP contribution in [0.2, 0.25) is 0 Å². The van der Waals surface area contributed by atoms with E-state index in [9.17, 15) is 9.59 Å². The molecular weight excluding hydrogens is 430 g/mol. The zero-order chi connectivity index (χ0) is 23.6. The maximum absolute atomic E-state index is 12.8. The number of anilines is 1. The van der Waals surface area contributed by atoms with Crippen molar-refractivity contribution in [3.8, 4) is 17.2 Å². The Kier molecular flexibility index (Phi) is 8.54. The normalized spacial score (nSPS) is 14.0. The maximum Gasteiger partial charge on any atom is 0.412 e. The lowest BCUT2D eigenvalue weighted by atomic mass is 9.92. The lowest BCUT2D eigenvalue weighted by molar-refractivity contribution is -0.131. The number of carbonyl (C=O) groups excluding carboxylic acids is 1. The van der Waals surface area contributed by atoms with Crippen LogP contribution in [0.25, 0.3) is 0 Å². The summed E-state index contributed by atoms with van der Waals surface area (Å²) in [4.78, 5) is 23.5. The molecule has 0 aromatic heterocycles. The quantitative estimate of drug-likeness (QED) is 0.430. The van der Waals surface area contributed by atoms with E-state index in [1.807, 2.05) is 13.0 Å². The molecule has 0 spiro atoms. The summed E-state index contributed by atoms with van der Waals surface area (Å²) in [7, 11) is 0. The average Bonchev–Trinajstić information content (AvgIpc) is 3.27. The minimum atomic E-state index is -1.01. The predicted molar refractivity (Wildman–Crippen MR) is 120 cm³/mol. The third-order valence-electron chi connectivity index (χ3n) is 4.99. The highest BCUT2D eigenvalue weighted by atomic mass is 16.7. The third-order valence-corrected chi connectivity index (χ3v) is 4.99. The molecule has 0 radical (unpaired) electrons. The van der Waals surface area contributed by atoms with Gasteiger partial charge in [-0.2, -0.15) is 0 Å². The molecule has 176 valence electrons. The molecule has 0 saturated carbocycles. The first-order valence-electron chi connectivity index (χ1n) is 10.6. The number of aliphatic carboxylic acids is 1. The van der Waals surface area contributed by atoms with Crippen molar-refractivity contribution in [2.75, 3.05) is 25.3 Å². The average molecular weight is 457 g/mol. The molecule has 1 amide bonds. The van der Waals surface area contributed by atoms with E-state index in [2.05, 4.69) is 5.32 Å². The van der Waals surface area contributed by atoms with Crippen molar-refractivity contribution in [1.29, 1.82) is 0 Å². The molecule has 33 heavy (non-hydrogen) atoms. The number of hydrogen-bond acceptors (Lipinski definition) is 7. The van der Waals surface area contributed by atoms with Gasteiger partial charge >= 0.3 is 12.1 Å². The lowest BCUT2D eigenvalue weighted by Crippen LogP contribution is -2.22. The number of nitrogens with one attached hydrogen (secondary N) is 1. The van der Waals surface area contributed by atoms with Gasteiger partial charge in [0.05, 0.1) is 6.61 Å².